The number of nitro benzene ring substituents is 1. The van der Waals surface area contributed by atoms with Crippen molar-refractivity contribution in [2.24, 2.45) is 0 Å². The fourth-order valence-corrected chi connectivity index (χ4v) is 1.23. The summed E-state index contributed by atoms with van der Waals surface area (Å²) in [6.07, 6.45) is 0. The smallest absolute Gasteiger partial charge is 0.342 e. The zero-order valence-electron chi connectivity index (χ0n) is 6.73. The fraction of sp³-hybridized carbons (Fsp3) is 0. The summed E-state index contributed by atoms with van der Waals surface area (Å²) in [4.78, 5) is 20.3. The van der Waals surface area contributed by atoms with Crippen LogP contribution < -0.4 is 5.73 Å². The molecule has 7 heteroatoms. The number of halogens is 1. The summed E-state index contributed by atoms with van der Waals surface area (Å²) in [5.74, 6) is -1.38. The van der Waals surface area contributed by atoms with Crippen molar-refractivity contribution in [2.45, 2.75) is 0 Å². The summed E-state index contributed by atoms with van der Waals surface area (Å²) in [5, 5.41) is 19.1. The van der Waals surface area contributed by atoms with Gasteiger partial charge in [-0.1, -0.05) is 0 Å². The van der Waals surface area contributed by atoms with Crippen LogP contribution in [0, 0.1) is 10.1 Å². The Morgan fingerprint density at radius 2 is 2.14 bits per heavy atom. The standard InChI is InChI=1S/C7H5BrN2O4/c8-4-2-6(10(13)14)3(7(11)12)1-5(4)9/h1-2H,9H2,(H,11,12). The van der Waals surface area contributed by atoms with Crippen molar-refractivity contribution in [3.63, 3.8) is 0 Å². The van der Waals surface area contributed by atoms with Gasteiger partial charge in [-0.3, -0.25) is 10.1 Å². The van der Waals surface area contributed by atoms with Crippen LogP contribution in [0.3, 0.4) is 0 Å². The van der Waals surface area contributed by atoms with Crippen molar-refractivity contribution in [3.05, 3.63) is 32.3 Å². The molecule has 0 saturated carbocycles. The third-order valence-corrected chi connectivity index (χ3v) is 2.23. The quantitative estimate of drug-likeness (QED) is 0.478. The summed E-state index contributed by atoms with van der Waals surface area (Å²) < 4.78 is 0.300. The number of nitro groups is 1. The highest BCUT2D eigenvalue weighted by atomic mass is 79.9. The maximum absolute atomic E-state index is 10.6. The average Bonchev–Trinajstić information content (AvgIpc) is 2.08. The third kappa shape index (κ3) is 1.82. The van der Waals surface area contributed by atoms with Crippen molar-refractivity contribution < 1.29 is 14.8 Å². The van der Waals surface area contributed by atoms with Crippen LogP contribution in [0.15, 0.2) is 16.6 Å². The first-order chi connectivity index (χ1) is 6.43. The number of carboxylic acids is 1. The second-order valence-corrected chi connectivity index (χ2v) is 3.31. The van der Waals surface area contributed by atoms with Crippen LogP contribution in [0.1, 0.15) is 10.4 Å². The molecule has 1 aromatic rings. The molecule has 0 aromatic heterocycles. The highest BCUT2D eigenvalue weighted by Gasteiger charge is 2.21. The van der Waals surface area contributed by atoms with Crippen LogP contribution in [0.2, 0.25) is 0 Å². The van der Waals surface area contributed by atoms with Gasteiger partial charge in [0.1, 0.15) is 5.56 Å². The van der Waals surface area contributed by atoms with E-state index in [4.69, 9.17) is 10.8 Å². The molecule has 1 rings (SSSR count). The lowest BCUT2D eigenvalue weighted by Gasteiger charge is -2.01. The second kappa shape index (κ2) is 3.62. The lowest BCUT2D eigenvalue weighted by molar-refractivity contribution is -0.385. The zero-order chi connectivity index (χ0) is 10.9. The highest BCUT2D eigenvalue weighted by Crippen LogP contribution is 2.28. The maximum Gasteiger partial charge on any atom is 0.342 e. The fourth-order valence-electron chi connectivity index (χ4n) is 0.902. The summed E-state index contributed by atoms with van der Waals surface area (Å²) >= 11 is 2.98. The van der Waals surface area contributed by atoms with Crippen molar-refractivity contribution in [1.29, 1.82) is 0 Å². The molecule has 0 heterocycles. The van der Waals surface area contributed by atoms with Gasteiger partial charge in [0.2, 0.25) is 0 Å². The molecule has 0 spiro atoms. The van der Waals surface area contributed by atoms with E-state index in [2.05, 4.69) is 15.9 Å². The maximum atomic E-state index is 10.6. The molecule has 0 radical (unpaired) electrons. The van der Waals surface area contributed by atoms with Gasteiger partial charge in [-0.2, -0.15) is 0 Å². The van der Waals surface area contributed by atoms with Gasteiger partial charge < -0.3 is 10.8 Å². The van der Waals surface area contributed by atoms with E-state index in [1.807, 2.05) is 0 Å². The van der Waals surface area contributed by atoms with E-state index in [1.165, 1.54) is 0 Å². The first kappa shape index (κ1) is 10.5. The van der Waals surface area contributed by atoms with Gasteiger partial charge in [0, 0.05) is 16.2 Å². The minimum atomic E-state index is -1.38. The number of benzene rings is 1. The molecule has 1 aromatic carbocycles. The van der Waals surface area contributed by atoms with E-state index in [-0.39, 0.29) is 5.69 Å². The van der Waals surface area contributed by atoms with E-state index >= 15 is 0 Å². The van der Waals surface area contributed by atoms with Gasteiger partial charge >= 0.3 is 5.97 Å². The minimum absolute atomic E-state index is 0.146. The highest BCUT2D eigenvalue weighted by molar-refractivity contribution is 9.10. The molecule has 0 unspecified atom stereocenters. The molecule has 0 atom stereocenters. The summed E-state index contributed by atoms with van der Waals surface area (Å²) in [6.45, 7) is 0. The molecule has 0 fully saturated rings. The summed E-state index contributed by atoms with van der Waals surface area (Å²) in [7, 11) is 0. The van der Waals surface area contributed by atoms with Crippen LogP contribution in [0.5, 0.6) is 0 Å². The Morgan fingerprint density at radius 3 is 2.57 bits per heavy atom. The number of carbonyl (C=O) groups is 1. The van der Waals surface area contributed by atoms with Crippen LogP contribution >= 0.6 is 15.9 Å². The van der Waals surface area contributed by atoms with Gasteiger partial charge in [-0.05, 0) is 22.0 Å². The van der Waals surface area contributed by atoms with E-state index in [1.54, 1.807) is 0 Å². The first-order valence-corrected chi connectivity index (χ1v) is 4.19. The lowest BCUT2D eigenvalue weighted by atomic mass is 10.1. The molecule has 0 aliphatic carbocycles. The van der Waals surface area contributed by atoms with Crippen LogP contribution in [0.4, 0.5) is 11.4 Å². The Kier molecular flexibility index (Phi) is 2.70. The van der Waals surface area contributed by atoms with Gasteiger partial charge in [0.15, 0.2) is 0 Å². The van der Waals surface area contributed by atoms with Gasteiger partial charge in [0.25, 0.3) is 5.69 Å². The van der Waals surface area contributed by atoms with E-state index in [9.17, 15) is 14.9 Å². The number of nitrogens with two attached hydrogens (primary N) is 1. The molecule has 0 saturated heterocycles. The largest absolute Gasteiger partial charge is 0.477 e. The predicted molar refractivity (Wildman–Crippen MR) is 52.2 cm³/mol. The number of aromatic carboxylic acids is 1. The third-order valence-electron chi connectivity index (χ3n) is 1.54. The number of nitrogen functional groups attached to an aromatic ring is 1. The number of carboxylic acid groups (broad SMARTS) is 1. The zero-order valence-corrected chi connectivity index (χ0v) is 8.32. The Hall–Kier alpha value is -1.63. The lowest BCUT2D eigenvalue weighted by Crippen LogP contribution is -2.04. The Labute approximate surface area is 86.6 Å². The van der Waals surface area contributed by atoms with Crippen molar-refractivity contribution in [2.75, 3.05) is 5.73 Å². The van der Waals surface area contributed by atoms with Gasteiger partial charge in [0.05, 0.1) is 4.92 Å². The number of hydrogen-bond donors (Lipinski definition) is 2. The van der Waals surface area contributed by atoms with E-state index < -0.39 is 22.1 Å². The molecule has 0 amide bonds. The molecule has 0 aliphatic rings. The molecule has 3 N–H and O–H groups in total. The number of hydrogen-bond acceptors (Lipinski definition) is 4. The first-order valence-electron chi connectivity index (χ1n) is 3.40. The van der Waals surface area contributed by atoms with Gasteiger partial charge in [-0.25, -0.2) is 4.79 Å². The molecular formula is C7H5BrN2O4. The molecule has 74 valence electrons. The second-order valence-electron chi connectivity index (χ2n) is 2.45. The monoisotopic (exact) mass is 260 g/mol. The molecule has 14 heavy (non-hydrogen) atoms. The molecule has 0 bridgehead atoms. The SMILES string of the molecule is Nc1cc(C(=O)O)c([N+](=O)[O-])cc1Br. The average molecular weight is 261 g/mol. The number of rotatable bonds is 2. The molecular weight excluding hydrogens is 256 g/mol. The predicted octanol–water partition coefficient (Wildman–Crippen LogP) is 1.64. The Morgan fingerprint density at radius 1 is 1.57 bits per heavy atom. The van der Waals surface area contributed by atoms with Crippen LogP contribution in [-0.2, 0) is 0 Å². The molecule has 0 aliphatic heterocycles. The Bertz CT molecular complexity index is 379. The number of anilines is 1. The van der Waals surface area contributed by atoms with E-state index in [0.29, 0.717) is 4.47 Å². The van der Waals surface area contributed by atoms with Crippen LogP contribution in [0.25, 0.3) is 0 Å². The van der Waals surface area contributed by atoms with Gasteiger partial charge in [-0.15, -0.1) is 0 Å². The topological polar surface area (TPSA) is 106 Å². The Balaban J connectivity index is 3.46. The van der Waals surface area contributed by atoms with Crippen molar-refractivity contribution in [3.8, 4) is 0 Å². The summed E-state index contributed by atoms with van der Waals surface area (Å²) in [6, 6.07) is 2.11. The summed E-state index contributed by atoms with van der Waals surface area (Å²) in [5.41, 5.74) is 4.63. The van der Waals surface area contributed by atoms with Crippen molar-refractivity contribution in [1.82, 2.24) is 0 Å². The van der Waals surface area contributed by atoms with Crippen molar-refractivity contribution >= 4 is 33.3 Å². The normalized spacial score (nSPS) is 9.79. The number of nitrogens with zero attached hydrogens (tertiary/aromatic N) is 1. The minimum Gasteiger partial charge on any atom is -0.477 e. The van der Waals surface area contributed by atoms with E-state index in [0.717, 1.165) is 12.1 Å². The van der Waals surface area contributed by atoms with Crippen LogP contribution in [-0.4, -0.2) is 16.0 Å². The molecule has 6 nitrogen and oxygen atoms in total.